The van der Waals surface area contributed by atoms with Gasteiger partial charge in [-0.05, 0) is 38.1 Å². The van der Waals surface area contributed by atoms with E-state index in [9.17, 15) is 4.79 Å². The first-order valence-corrected chi connectivity index (χ1v) is 7.52. The maximum Gasteiger partial charge on any atom is 0.243 e. The zero-order valence-electron chi connectivity index (χ0n) is 13.9. The summed E-state index contributed by atoms with van der Waals surface area (Å²) in [5.41, 5.74) is 1.63. The Labute approximate surface area is 155 Å². The molecule has 0 aliphatic carbocycles. The van der Waals surface area contributed by atoms with Crippen LogP contribution in [0, 0.1) is 0 Å². The van der Waals surface area contributed by atoms with E-state index < -0.39 is 0 Å². The number of nitrogens with one attached hydrogen (secondary N) is 2. The summed E-state index contributed by atoms with van der Waals surface area (Å²) in [5.74, 6) is 0.826. The molecule has 24 heavy (non-hydrogen) atoms. The van der Waals surface area contributed by atoms with Crippen molar-refractivity contribution in [2.45, 2.75) is 13.8 Å². The molecule has 0 saturated carbocycles. The van der Waals surface area contributed by atoms with Crippen LogP contribution in [0.15, 0.2) is 48.7 Å². The average molecular weight is 371 g/mol. The number of carbonyl (C=O) groups excluding carboxylic acids is 1. The molecule has 0 spiro atoms. The third kappa shape index (κ3) is 6.64. The van der Waals surface area contributed by atoms with Gasteiger partial charge >= 0.3 is 0 Å². The summed E-state index contributed by atoms with van der Waals surface area (Å²) in [4.78, 5) is 18.4. The van der Waals surface area contributed by atoms with Crippen LogP contribution in [-0.4, -0.2) is 30.5 Å². The smallest absolute Gasteiger partial charge is 0.243 e. The number of hydrogen-bond donors (Lipinski definition) is 2. The Balaban J connectivity index is 0.00000264. The number of pyridine rings is 1. The zero-order chi connectivity index (χ0) is 15.8. The zero-order valence-corrected chi connectivity index (χ0v) is 15.5. The minimum atomic E-state index is -0.0961. The normalized spacial score (nSPS) is 9.25. The summed E-state index contributed by atoms with van der Waals surface area (Å²) >= 11 is 0. The second-order valence-electron chi connectivity index (χ2n) is 4.85. The molecule has 1 heterocycles. The van der Waals surface area contributed by atoms with Gasteiger partial charge in [-0.25, -0.2) is 4.98 Å². The van der Waals surface area contributed by atoms with Crippen LogP contribution in [-0.2, 0) is 4.79 Å². The van der Waals surface area contributed by atoms with E-state index in [1.807, 2.05) is 42.5 Å². The Morgan fingerprint density at radius 1 is 1.00 bits per heavy atom. The molecule has 132 valence electrons. The lowest BCUT2D eigenvalue weighted by Crippen LogP contribution is -2.23. The highest BCUT2D eigenvalue weighted by atomic mass is 35.5. The van der Waals surface area contributed by atoms with Crippen molar-refractivity contribution < 1.29 is 4.79 Å². The molecule has 5 nitrogen and oxygen atoms in total. The van der Waals surface area contributed by atoms with Crippen molar-refractivity contribution in [3.05, 3.63) is 48.7 Å². The maximum atomic E-state index is 11.9. The van der Waals surface area contributed by atoms with Crippen LogP contribution < -0.4 is 15.5 Å². The fourth-order valence-electron chi connectivity index (χ4n) is 2.14. The van der Waals surface area contributed by atoms with Gasteiger partial charge in [-0.2, -0.15) is 0 Å². The van der Waals surface area contributed by atoms with Gasteiger partial charge in [-0.3, -0.25) is 4.79 Å². The number of amides is 1. The van der Waals surface area contributed by atoms with Crippen molar-refractivity contribution in [1.29, 1.82) is 0 Å². The average Bonchev–Trinajstić information content (AvgIpc) is 2.56. The van der Waals surface area contributed by atoms with Gasteiger partial charge < -0.3 is 15.5 Å². The molecule has 2 N–H and O–H groups in total. The number of para-hydroxylation sites is 1. The molecular formula is C17H24Cl2N4O. The molecule has 0 bridgehead atoms. The fraction of sp³-hybridized carbons (Fsp3) is 0.294. The molecule has 0 aliphatic rings. The van der Waals surface area contributed by atoms with E-state index in [4.69, 9.17) is 0 Å². The third-order valence-electron chi connectivity index (χ3n) is 3.35. The molecule has 0 fully saturated rings. The van der Waals surface area contributed by atoms with E-state index in [-0.39, 0.29) is 37.3 Å². The monoisotopic (exact) mass is 370 g/mol. The predicted octanol–water partition coefficient (Wildman–Crippen LogP) is 3.82. The standard InChI is InChI=1S/C17H22N4O.2ClH/c1-3-21(4-2)16-11-10-15(12-19-16)20-17(22)13-18-14-8-6-5-7-9-14;;/h5-12,18H,3-4,13H2,1-2H3,(H,20,22);2*1H. The predicted molar refractivity (Wildman–Crippen MR) is 106 cm³/mol. The van der Waals surface area contributed by atoms with E-state index in [1.165, 1.54) is 0 Å². The van der Waals surface area contributed by atoms with E-state index in [1.54, 1.807) is 6.20 Å². The quantitative estimate of drug-likeness (QED) is 0.777. The lowest BCUT2D eigenvalue weighted by atomic mass is 10.3. The van der Waals surface area contributed by atoms with Gasteiger partial charge in [0.15, 0.2) is 0 Å². The summed E-state index contributed by atoms with van der Waals surface area (Å²) in [5, 5.41) is 5.90. The highest BCUT2D eigenvalue weighted by Gasteiger charge is 2.05. The lowest BCUT2D eigenvalue weighted by molar-refractivity contribution is -0.114. The number of halogens is 2. The highest BCUT2D eigenvalue weighted by molar-refractivity contribution is 5.93. The van der Waals surface area contributed by atoms with Gasteiger partial charge in [0.25, 0.3) is 0 Å². The SMILES string of the molecule is CCN(CC)c1ccc(NC(=O)CNc2ccccc2)cn1.Cl.Cl. The van der Waals surface area contributed by atoms with Crippen molar-refractivity contribution >= 4 is 47.9 Å². The summed E-state index contributed by atoms with van der Waals surface area (Å²) in [7, 11) is 0. The van der Waals surface area contributed by atoms with Crippen molar-refractivity contribution in [1.82, 2.24) is 4.98 Å². The molecule has 1 amide bonds. The number of nitrogens with zero attached hydrogens (tertiary/aromatic N) is 2. The van der Waals surface area contributed by atoms with Crippen LogP contribution in [0.3, 0.4) is 0 Å². The second kappa shape index (κ2) is 11.5. The van der Waals surface area contributed by atoms with Gasteiger partial charge in [0.05, 0.1) is 18.4 Å². The first kappa shape index (κ1) is 22.0. The maximum absolute atomic E-state index is 11.9. The van der Waals surface area contributed by atoms with Gasteiger partial charge in [-0.1, -0.05) is 18.2 Å². The lowest BCUT2D eigenvalue weighted by Gasteiger charge is -2.19. The minimum absolute atomic E-state index is 0. The Hall–Kier alpha value is -1.98. The Morgan fingerprint density at radius 2 is 1.67 bits per heavy atom. The van der Waals surface area contributed by atoms with Crippen LogP contribution in [0.2, 0.25) is 0 Å². The molecule has 2 aromatic rings. The molecule has 0 aliphatic heterocycles. The first-order valence-electron chi connectivity index (χ1n) is 7.52. The number of hydrogen-bond acceptors (Lipinski definition) is 4. The van der Waals surface area contributed by atoms with Crippen LogP contribution in [0.25, 0.3) is 0 Å². The number of rotatable bonds is 7. The first-order chi connectivity index (χ1) is 10.7. The Bertz CT molecular complexity index is 589. The van der Waals surface area contributed by atoms with Gasteiger partial charge in [0, 0.05) is 18.8 Å². The van der Waals surface area contributed by atoms with Crippen molar-refractivity contribution in [3.8, 4) is 0 Å². The van der Waals surface area contributed by atoms with Crippen molar-refractivity contribution in [3.63, 3.8) is 0 Å². The summed E-state index contributed by atoms with van der Waals surface area (Å²) < 4.78 is 0. The fourth-order valence-corrected chi connectivity index (χ4v) is 2.14. The van der Waals surface area contributed by atoms with Gasteiger partial charge in [0.1, 0.15) is 5.82 Å². The molecule has 0 unspecified atom stereocenters. The molecule has 0 atom stereocenters. The van der Waals surface area contributed by atoms with Crippen molar-refractivity contribution in [2.75, 3.05) is 35.2 Å². The molecule has 0 radical (unpaired) electrons. The molecule has 7 heteroatoms. The largest absolute Gasteiger partial charge is 0.376 e. The summed E-state index contributed by atoms with van der Waals surface area (Å²) in [6.45, 7) is 6.24. The van der Waals surface area contributed by atoms with Gasteiger partial charge in [0.2, 0.25) is 5.91 Å². The summed E-state index contributed by atoms with van der Waals surface area (Å²) in [6.07, 6.45) is 1.69. The van der Waals surface area contributed by atoms with Crippen LogP contribution in [0.5, 0.6) is 0 Å². The van der Waals surface area contributed by atoms with E-state index in [0.29, 0.717) is 5.69 Å². The summed E-state index contributed by atoms with van der Waals surface area (Å²) in [6, 6.07) is 13.4. The van der Waals surface area contributed by atoms with Crippen LogP contribution >= 0.6 is 24.8 Å². The second-order valence-corrected chi connectivity index (χ2v) is 4.85. The van der Waals surface area contributed by atoms with E-state index in [2.05, 4.69) is 34.4 Å². The van der Waals surface area contributed by atoms with E-state index in [0.717, 1.165) is 24.6 Å². The van der Waals surface area contributed by atoms with Gasteiger partial charge in [-0.15, -0.1) is 24.8 Å². The van der Waals surface area contributed by atoms with Crippen molar-refractivity contribution in [2.24, 2.45) is 0 Å². The Kier molecular flexibility index (Phi) is 10.6. The number of benzene rings is 1. The number of anilines is 3. The van der Waals surface area contributed by atoms with Crippen LogP contribution in [0.4, 0.5) is 17.2 Å². The minimum Gasteiger partial charge on any atom is -0.376 e. The number of aromatic nitrogens is 1. The molecule has 1 aromatic heterocycles. The molecule has 1 aromatic carbocycles. The molecule has 0 saturated heterocycles. The third-order valence-corrected chi connectivity index (χ3v) is 3.35. The topological polar surface area (TPSA) is 57.3 Å². The van der Waals surface area contributed by atoms with E-state index >= 15 is 0 Å². The molecule has 2 rings (SSSR count). The van der Waals surface area contributed by atoms with Crippen LogP contribution in [0.1, 0.15) is 13.8 Å². The molecular weight excluding hydrogens is 347 g/mol. The highest BCUT2D eigenvalue weighted by Crippen LogP contribution is 2.13. The number of carbonyl (C=O) groups is 1. The Morgan fingerprint density at radius 3 is 2.21 bits per heavy atom.